The van der Waals surface area contributed by atoms with Crippen LogP contribution in [-0.4, -0.2) is 50.9 Å². The van der Waals surface area contributed by atoms with Crippen molar-refractivity contribution in [2.24, 2.45) is 0 Å². The number of sulfonamides is 1. The van der Waals surface area contributed by atoms with Crippen LogP contribution in [0.3, 0.4) is 0 Å². The second-order valence-corrected chi connectivity index (χ2v) is 13.2. The zero-order chi connectivity index (χ0) is 31.0. The molecule has 9 heteroatoms. The summed E-state index contributed by atoms with van der Waals surface area (Å²) >= 11 is 0. The van der Waals surface area contributed by atoms with Crippen molar-refractivity contribution in [2.75, 3.05) is 18.0 Å². The van der Waals surface area contributed by atoms with Gasteiger partial charge < -0.3 is 15.0 Å². The third-order valence-electron chi connectivity index (χ3n) is 8.00. The quantitative estimate of drug-likeness (QED) is 0.283. The molecule has 1 saturated carbocycles. The maximum Gasteiger partial charge on any atom is 0.264 e. The number of hydrogen-bond acceptors (Lipinski definition) is 5. The van der Waals surface area contributed by atoms with E-state index >= 15 is 0 Å². The van der Waals surface area contributed by atoms with E-state index in [1.54, 1.807) is 48.5 Å². The summed E-state index contributed by atoms with van der Waals surface area (Å²) in [4.78, 5) is 29.6. The summed E-state index contributed by atoms with van der Waals surface area (Å²) in [6.07, 6.45) is 5.54. The van der Waals surface area contributed by atoms with Gasteiger partial charge in [0, 0.05) is 18.7 Å². The van der Waals surface area contributed by atoms with Gasteiger partial charge in [-0.05, 0) is 62.9 Å². The maximum atomic E-state index is 14.3. The van der Waals surface area contributed by atoms with Crippen LogP contribution in [0.1, 0.15) is 62.1 Å². The first kappa shape index (κ1) is 32.1. The number of hydrogen-bond donors (Lipinski definition) is 1. The first-order valence-corrected chi connectivity index (χ1v) is 16.4. The van der Waals surface area contributed by atoms with Crippen molar-refractivity contribution in [3.05, 3.63) is 89.5 Å². The zero-order valence-electron chi connectivity index (χ0n) is 25.6. The molecule has 0 radical (unpaired) electrons. The Morgan fingerprint density at radius 3 is 2.28 bits per heavy atom. The number of carbonyl (C=O) groups excluding carboxylic acids is 2. The van der Waals surface area contributed by atoms with Crippen molar-refractivity contribution in [3.8, 4) is 5.75 Å². The number of aryl methyl sites for hydroxylation is 2. The molecule has 1 aliphatic rings. The summed E-state index contributed by atoms with van der Waals surface area (Å²) in [6, 6.07) is 20.3. The Morgan fingerprint density at radius 1 is 0.930 bits per heavy atom. The van der Waals surface area contributed by atoms with Crippen molar-refractivity contribution in [2.45, 2.75) is 82.8 Å². The van der Waals surface area contributed by atoms with E-state index in [-0.39, 0.29) is 23.4 Å². The third-order valence-corrected chi connectivity index (χ3v) is 9.79. The summed E-state index contributed by atoms with van der Waals surface area (Å²) in [5, 5.41) is 3.18. The second kappa shape index (κ2) is 14.6. The van der Waals surface area contributed by atoms with Gasteiger partial charge in [0.1, 0.15) is 18.3 Å². The average molecular weight is 606 g/mol. The molecule has 0 bridgehead atoms. The molecule has 8 nitrogen and oxygen atoms in total. The number of rotatable bonds is 12. The molecule has 4 rings (SSSR count). The van der Waals surface area contributed by atoms with Crippen LogP contribution >= 0.6 is 0 Å². The number of amides is 2. The highest BCUT2D eigenvalue weighted by molar-refractivity contribution is 7.92. The Morgan fingerprint density at radius 2 is 1.63 bits per heavy atom. The molecule has 0 spiro atoms. The number of nitrogens with zero attached hydrogens (tertiary/aromatic N) is 2. The summed E-state index contributed by atoms with van der Waals surface area (Å²) in [7, 11) is -2.65. The fraction of sp³-hybridized carbons (Fsp3) is 0.412. The molecule has 0 aliphatic heterocycles. The van der Waals surface area contributed by atoms with Gasteiger partial charge in [0.25, 0.3) is 10.0 Å². The van der Waals surface area contributed by atoms with Crippen LogP contribution in [0, 0.1) is 13.8 Å². The lowest BCUT2D eigenvalue weighted by Crippen LogP contribution is -2.54. The number of ether oxygens (including phenoxy) is 1. The Labute approximate surface area is 256 Å². The maximum absolute atomic E-state index is 14.3. The number of anilines is 1. The van der Waals surface area contributed by atoms with Crippen molar-refractivity contribution in [1.82, 2.24) is 10.2 Å². The molecular weight excluding hydrogens is 562 g/mol. The topological polar surface area (TPSA) is 96.0 Å². The van der Waals surface area contributed by atoms with Crippen LogP contribution in [-0.2, 0) is 26.2 Å². The predicted molar refractivity (Wildman–Crippen MR) is 170 cm³/mol. The average Bonchev–Trinajstić information content (AvgIpc) is 3.00. The third kappa shape index (κ3) is 8.16. The first-order chi connectivity index (χ1) is 20.6. The van der Waals surface area contributed by atoms with Crippen molar-refractivity contribution < 1.29 is 22.7 Å². The van der Waals surface area contributed by atoms with Gasteiger partial charge in [0.2, 0.25) is 11.8 Å². The number of carbonyl (C=O) groups is 2. The molecule has 1 fully saturated rings. The van der Waals surface area contributed by atoms with Gasteiger partial charge >= 0.3 is 0 Å². The summed E-state index contributed by atoms with van der Waals surface area (Å²) in [6.45, 7) is 5.42. The van der Waals surface area contributed by atoms with Gasteiger partial charge in [-0.25, -0.2) is 8.42 Å². The van der Waals surface area contributed by atoms with E-state index in [1.807, 2.05) is 45.0 Å². The molecule has 3 aromatic rings. The smallest absolute Gasteiger partial charge is 0.264 e. The monoisotopic (exact) mass is 605 g/mol. The van der Waals surface area contributed by atoms with E-state index in [4.69, 9.17) is 4.74 Å². The minimum atomic E-state index is -4.15. The lowest BCUT2D eigenvalue weighted by Gasteiger charge is -2.34. The Kier molecular flexibility index (Phi) is 10.9. The predicted octanol–water partition coefficient (Wildman–Crippen LogP) is 5.76. The molecule has 1 atom stereocenters. The highest BCUT2D eigenvalue weighted by Gasteiger charge is 2.34. The summed E-state index contributed by atoms with van der Waals surface area (Å²) < 4.78 is 34.6. The van der Waals surface area contributed by atoms with Gasteiger partial charge in [-0.15, -0.1) is 0 Å². The van der Waals surface area contributed by atoms with Crippen LogP contribution in [0.2, 0.25) is 0 Å². The minimum absolute atomic E-state index is 0.0704. The molecule has 1 N–H and O–H groups in total. The van der Waals surface area contributed by atoms with Crippen molar-refractivity contribution in [3.63, 3.8) is 0 Å². The molecule has 1 unspecified atom stereocenters. The standard InChI is InChI=1S/C34H43N3O5S/c1-5-32(34(39)35-28-13-7-6-8-14-28)36(23-27-12-9-11-26(3)21-27)33(38)24-37(29-15-10-16-30(22-29)42-4)43(40,41)31-19-17-25(2)18-20-31/h9-12,15-22,28,32H,5-8,13-14,23-24H2,1-4H3,(H,35,39). The van der Waals surface area contributed by atoms with Gasteiger partial charge in [-0.3, -0.25) is 13.9 Å². The molecule has 0 saturated heterocycles. The van der Waals surface area contributed by atoms with E-state index in [1.165, 1.54) is 12.0 Å². The van der Waals surface area contributed by atoms with E-state index in [9.17, 15) is 18.0 Å². The fourth-order valence-corrected chi connectivity index (χ4v) is 7.01. The Hall–Kier alpha value is -3.85. The fourth-order valence-electron chi connectivity index (χ4n) is 5.60. The van der Waals surface area contributed by atoms with Crippen molar-refractivity contribution >= 4 is 27.5 Å². The number of benzene rings is 3. The molecule has 230 valence electrons. The summed E-state index contributed by atoms with van der Waals surface area (Å²) in [5.74, 6) is -0.209. The highest BCUT2D eigenvalue weighted by Crippen LogP contribution is 2.28. The van der Waals surface area contributed by atoms with E-state index in [2.05, 4.69) is 5.32 Å². The van der Waals surface area contributed by atoms with E-state index in [0.717, 1.165) is 53.1 Å². The van der Waals surface area contributed by atoms with Gasteiger partial charge in [0.05, 0.1) is 17.7 Å². The highest BCUT2D eigenvalue weighted by atomic mass is 32.2. The molecule has 1 aliphatic carbocycles. The van der Waals surface area contributed by atoms with Crippen LogP contribution in [0.15, 0.2) is 77.7 Å². The lowest BCUT2D eigenvalue weighted by molar-refractivity contribution is -0.140. The molecule has 3 aromatic carbocycles. The van der Waals surface area contributed by atoms with Crippen molar-refractivity contribution in [1.29, 1.82) is 0 Å². The number of methoxy groups -OCH3 is 1. The van der Waals surface area contributed by atoms with Gasteiger partial charge in [-0.2, -0.15) is 0 Å². The Balaban J connectivity index is 1.72. The Bertz CT molecular complexity index is 1500. The van der Waals surface area contributed by atoms with E-state index < -0.39 is 28.5 Å². The lowest BCUT2D eigenvalue weighted by atomic mass is 9.95. The van der Waals surface area contributed by atoms with Crippen LogP contribution < -0.4 is 14.4 Å². The van der Waals surface area contributed by atoms with E-state index in [0.29, 0.717) is 17.9 Å². The molecule has 43 heavy (non-hydrogen) atoms. The first-order valence-electron chi connectivity index (χ1n) is 15.0. The number of nitrogens with one attached hydrogen (secondary N) is 1. The molecule has 0 heterocycles. The van der Waals surface area contributed by atoms with Crippen LogP contribution in [0.5, 0.6) is 5.75 Å². The van der Waals surface area contributed by atoms with Crippen LogP contribution in [0.25, 0.3) is 0 Å². The largest absolute Gasteiger partial charge is 0.497 e. The summed E-state index contributed by atoms with van der Waals surface area (Å²) in [5.41, 5.74) is 3.11. The zero-order valence-corrected chi connectivity index (χ0v) is 26.4. The SMILES string of the molecule is CCC(C(=O)NC1CCCCC1)N(Cc1cccc(C)c1)C(=O)CN(c1cccc(OC)c1)S(=O)(=O)c1ccc(C)cc1. The van der Waals surface area contributed by atoms with Gasteiger partial charge in [0.15, 0.2) is 0 Å². The minimum Gasteiger partial charge on any atom is -0.497 e. The van der Waals surface area contributed by atoms with Crippen LogP contribution in [0.4, 0.5) is 5.69 Å². The second-order valence-electron chi connectivity index (χ2n) is 11.3. The van der Waals surface area contributed by atoms with Gasteiger partial charge in [-0.1, -0.05) is 79.8 Å². The molecular formula is C34H43N3O5S. The normalized spacial score (nSPS) is 14.5. The molecule has 0 aromatic heterocycles. The molecule has 2 amide bonds.